The van der Waals surface area contributed by atoms with E-state index in [9.17, 15) is 9.59 Å². The van der Waals surface area contributed by atoms with Crippen molar-refractivity contribution in [3.05, 3.63) is 76.0 Å². The Bertz CT molecular complexity index is 858. The molecule has 0 aromatic heterocycles. The van der Waals surface area contributed by atoms with Gasteiger partial charge in [0.25, 0.3) is 0 Å². The van der Waals surface area contributed by atoms with Crippen LogP contribution in [0.2, 0.25) is 5.02 Å². The van der Waals surface area contributed by atoms with Crippen LogP contribution in [0.25, 0.3) is 0 Å². The number of carbonyl (C=O) groups excluding carboxylic acids is 2. The summed E-state index contributed by atoms with van der Waals surface area (Å²) < 4.78 is 5.45. The number of nitrogens with one attached hydrogen (secondary N) is 2. The molecule has 0 bridgehead atoms. The third kappa shape index (κ3) is 3.73. The van der Waals surface area contributed by atoms with E-state index in [1.807, 2.05) is 31.2 Å². The number of carbonyl (C=O) groups is 2. The fourth-order valence-electron chi connectivity index (χ4n) is 2.92. The van der Waals surface area contributed by atoms with Crippen molar-refractivity contribution in [1.29, 1.82) is 0 Å². The molecule has 0 aliphatic carbocycles. The van der Waals surface area contributed by atoms with Crippen molar-refractivity contribution in [2.24, 2.45) is 0 Å². The molecule has 2 N–H and O–H groups in total. The van der Waals surface area contributed by atoms with Crippen LogP contribution in [0, 0.1) is 0 Å². The predicted octanol–water partition coefficient (Wildman–Crippen LogP) is 4.25. The summed E-state index contributed by atoms with van der Waals surface area (Å²) in [5.74, 6) is 0.577. The molecule has 134 valence electrons. The Balaban J connectivity index is 1.98. The third-order valence-corrected chi connectivity index (χ3v) is 4.40. The quantitative estimate of drug-likeness (QED) is 0.773. The SMILES string of the molecule is CCOc1ccc(C2NC(=O)NC(C)=C2C(=O)c2ccc(Cl)cc2)cc1. The highest BCUT2D eigenvalue weighted by Crippen LogP contribution is 2.30. The van der Waals surface area contributed by atoms with Gasteiger partial charge in [0.1, 0.15) is 5.75 Å². The Kier molecular flexibility index (Phi) is 5.28. The number of hydrogen-bond donors (Lipinski definition) is 2. The van der Waals surface area contributed by atoms with Crippen LogP contribution < -0.4 is 15.4 Å². The van der Waals surface area contributed by atoms with Gasteiger partial charge >= 0.3 is 6.03 Å². The monoisotopic (exact) mass is 370 g/mol. The summed E-state index contributed by atoms with van der Waals surface area (Å²) in [6.07, 6.45) is 0. The number of benzene rings is 2. The first-order valence-electron chi connectivity index (χ1n) is 8.31. The van der Waals surface area contributed by atoms with Crippen LogP contribution in [-0.2, 0) is 0 Å². The molecule has 1 heterocycles. The zero-order valence-electron chi connectivity index (χ0n) is 14.5. The molecule has 0 spiro atoms. The van der Waals surface area contributed by atoms with Gasteiger partial charge in [-0.2, -0.15) is 0 Å². The number of hydrogen-bond acceptors (Lipinski definition) is 3. The molecule has 2 aromatic carbocycles. The Morgan fingerprint density at radius 3 is 2.38 bits per heavy atom. The summed E-state index contributed by atoms with van der Waals surface area (Å²) >= 11 is 5.91. The van der Waals surface area contributed by atoms with E-state index in [2.05, 4.69) is 10.6 Å². The molecule has 0 radical (unpaired) electrons. The van der Waals surface area contributed by atoms with Gasteiger partial charge in [-0.05, 0) is 55.8 Å². The Hall–Kier alpha value is -2.79. The van der Waals surface area contributed by atoms with Crippen LogP contribution in [0.1, 0.15) is 35.8 Å². The highest BCUT2D eigenvalue weighted by atomic mass is 35.5. The molecule has 1 aliphatic rings. The molecule has 0 saturated heterocycles. The Labute approximate surface area is 157 Å². The lowest BCUT2D eigenvalue weighted by Gasteiger charge is -2.28. The molecule has 2 amide bonds. The number of amides is 2. The molecule has 5 nitrogen and oxygen atoms in total. The minimum Gasteiger partial charge on any atom is -0.494 e. The van der Waals surface area contributed by atoms with E-state index in [0.29, 0.717) is 28.5 Å². The summed E-state index contributed by atoms with van der Waals surface area (Å²) in [5, 5.41) is 6.07. The lowest BCUT2D eigenvalue weighted by atomic mass is 9.89. The third-order valence-electron chi connectivity index (χ3n) is 4.14. The molecular weight excluding hydrogens is 352 g/mol. The van der Waals surface area contributed by atoms with E-state index in [0.717, 1.165) is 11.3 Å². The standard InChI is InChI=1S/C20H19ClN2O3/c1-3-26-16-10-6-13(7-11-16)18-17(12(2)22-20(25)23-18)19(24)14-4-8-15(21)9-5-14/h4-11,18H,3H2,1-2H3,(H2,22,23,25). The van der Waals surface area contributed by atoms with Crippen molar-refractivity contribution < 1.29 is 14.3 Å². The van der Waals surface area contributed by atoms with Crippen LogP contribution in [0.15, 0.2) is 59.8 Å². The van der Waals surface area contributed by atoms with Crippen LogP contribution in [0.3, 0.4) is 0 Å². The molecule has 6 heteroatoms. The second kappa shape index (κ2) is 7.62. The maximum Gasteiger partial charge on any atom is 0.319 e. The second-order valence-electron chi connectivity index (χ2n) is 5.91. The molecule has 3 rings (SSSR count). The lowest BCUT2D eigenvalue weighted by molar-refractivity contribution is 0.102. The van der Waals surface area contributed by atoms with Crippen LogP contribution in [-0.4, -0.2) is 18.4 Å². The lowest BCUT2D eigenvalue weighted by Crippen LogP contribution is -2.45. The van der Waals surface area contributed by atoms with Crippen LogP contribution in [0.5, 0.6) is 5.75 Å². The summed E-state index contributed by atoms with van der Waals surface area (Å²) in [7, 11) is 0. The average Bonchev–Trinajstić information content (AvgIpc) is 2.62. The van der Waals surface area contributed by atoms with Crippen molar-refractivity contribution in [3.8, 4) is 5.75 Å². The van der Waals surface area contributed by atoms with Crippen molar-refractivity contribution in [3.63, 3.8) is 0 Å². The number of allylic oxidation sites excluding steroid dienone is 1. The fourth-order valence-corrected chi connectivity index (χ4v) is 3.05. The zero-order valence-corrected chi connectivity index (χ0v) is 15.3. The van der Waals surface area contributed by atoms with E-state index in [1.165, 1.54) is 0 Å². The summed E-state index contributed by atoms with van der Waals surface area (Å²) in [6.45, 7) is 4.21. The summed E-state index contributed by atoms with van der Waals surface area (Å²) in [5.41, 5.74) is 2.35. The fraction of sp³-hybridized carbons (Fsp3) is 0.200. The van der Waals surface area contributed by atoms with Gasteiger partial charge in [-0.25, -0.2) is 4.79 Å². The van der Waals surface area contributed by atoms with E-state index in [4.69, 9.17) is 16.3 Å². The van der Waals surface area contributed by atoms with Gasteiger partial charge in [0.05, 0.1) is 12.6 Å². The van der Waals surface area contributed by atoms with Gasteiger partial charge in [0.2, 0.25) is 0 Å². The molecule has 2 aromatic rings. The van der Waals surface area contributed by atoms with Gasteiger partial charge in [0.15, 0.2) is 5.78 Å². The molecule has 0 fully saturated rings. The normalized spacial score (nSPS) is 16.7. The van der Waals surface area contributed by atoms with E-state index >= 15 is 0 Å². The topological polar surface area (TPSA) is 67.4 Å². The Morgan fingerprint density at radius 2 is 1.77 bits per heavy atom. The maximum absolute atomic E-state index is 13.1. The smallest absolute Gasteiger partial charge is 0.319 e. The number of ether oxygens (including phenoxy) is 1. The maximum atomic E-state index is 13.1. The van der Waals surface area contributed by atoms with E-state index < -0.39 is 6.04 Å². The van der Waals surface area contributed by atoms with Gasteiger partial charge in [0, 0.05) is 21.9 Å². The summed E-state index contributed by atoms with van der Waals surface area (Å²) in [4.78, 5) is 25.0. The molecule has 1 unspecified atom stereocenters. The molecule has 1 aliphatic heterocycles. The van der Waals surface area contributed by atoms with Crippen molar-refractivity contribution in [2.45, 2.75) is 19.9 Å². The minimum atomic E-state index is -0.539. The van der Waals surface area contributed by atoms with Crippen molar-refractivity contribution in [1.82, 2.24) is 10.6 Å². The average molecular weight is 371 g/mol. The number of rotatable bonds is 5. The second-order valence-corrected chi connectivity index (χ2v) is 6.34. The van der Waals surface area contributed by atoms with Crippen molar-refractivity contribution >= 4 is 23.4 Å². The minimum absolute atomic E-state index is 0.162. The van der Waals surface area contributed by atoms with E-state index in [1.54, 1.807) is 31.2 Å². The molecule has 0 saturated carbocycles. The van der Waals surface area contributed by atoms with Crippen molar-refractivity contribution in [2.75, 3.05) is 6.61 Å². The number of urea groups is 1. The number of halogens is 1. The highest BCUT2D eigenvalue weighted by molar-refractivity contribution is 6.30. The van der Waals surface area contributed by atoms with Crippen LogP contribution in [0.4, 0.5) is 4.79 Å². The van der Waals surface area contributed by atoms with E-state index in [-0.39, 0.29) is 11.8 Å². The summed E-state index contributed by atoms with van der Waals surface area (Å²) in [6, 6.07) is 13.2. The molecule has 1 atom stereocenters. The Morgan fingerprint density at radius 1 is 1.12 bits per heavy atom. The number of ketones is 1. The van der Waals surface area contributed by atoms with Gasteiger partial charge < -0.3 is 15.4 Å². The molecule has 26 heavy (non-hydrogen) atoms. The first-order valence-corrected chi connectivity index (χ1v) is 8.68. The zero-order chi connectivity index (χ0) is 18.7. The predicted molar refractivity (Wildman–Crippen MR) is 101 cm³/mol. The van der Waals surface area contributed by atoms with Crippen LogP contribution >= 0.6 is 11.6 Å². The first kappa shape index (κ1) is 18.0. The van der Waals surface area contributed by atoms with Gasteiger partial charge in [-0.3, -0.25) is 4.79 Å². The van der Waals surface area contributed by atoms with Gasteiger partial charge in [-0.15, -0.1) is 0 Å². The first-order chi connectivity index (χ1) is 12.5. The van der Waals surface area contributed by atoms with Gasteiger partial charge in [-0.1, -0.05) is 23.7 Å². The molecular formula is C20H19ClN2O3. The highest BCUT2D eigenvalue weighted by Gasteiger charge is 2.31. The largest absolute Gasteiger partial charge is 0.494 e. The number of Topliss-reactive ketones (excluding diaryl/α,β-unsaturated/α-hetero) is 1.